The van der Waals surface area contributed by atoms with Crippen molar-refractivity contribution in [1.82, 2.24) is 0 Å². The summed E-state index contributed by atoms with van der Waals surface area (Å²) < 4.78 is 13.2. The molecular weight excluding hydrogens is 334 g/mol. The van der Waals surface area contributed by atoms with E-state index in [-0.39, 0.29) is 0 Å². The number of benzene rings is 2. The maximum Gasteiger partial charge on any atom is 0.0589 e. The number of rotatable bonds is 3. The predicted molar refractivity (Wildman–Crippen MR) is 80.1 cm³/mol. The van der Waals surface area contributed by atoms with Gasteiger partial charge in [-0.3, -0.25) is 4.21 Å². The molecule has 0 spiro atoms. The Bertz CT molecular complexity index is 603. The van der Waals surface area contributed by atoms with E-state index in [1.54, 1.807) is 18.2 Å². The third-order valence-corrected chi connectivity index (χ3v) is 5.06. The maximum atomic E-state index is 12.3. The molecule has 0 heterocycles. The van der Waals surface area contributed by atoms with Gasteiger partial charge >= 0.3 is 0 Å². The Morgan fingerprint density at radius 2 is 1.94 bits per heavy atom. The first-order valence-electron chi connectivity index (χ1n) is 5.25. The van der Waals surface area contributed by atoms with E-state index < -0.39 is 10.8 Å². The third-order valence-electron chi connectivity index (χ3n) is 2.45. The van der Waals surface area contributed by atoms with Crippen LogP contribution in [-0.2, 0) is 16.6 Å². The molecular formula is C13H11BrClNOS. The van der Waals surface area contributed by atoms with Gasteiger partial charge in [-0.1, -0.05) is 45.7 Å². The third kappa shape index (κ3) is 3.13. The standard InChI is InChI=1S/C13H11BrClNOS/c14-11-4-2-1-3-9(11)8-18(17)13-6-5-10(16)7-12(13)15/h1-7H,8,16H2. The van der Waals surface area contributed by atoms with Crippen molar-refractivity contribution in [1.29, 1.82) is 0 Å². The van der Waals surface area contributed by atoms with E-state index in [1.807, 2.05) is 24.3 Å². The normalized spacial score (nSPS) is 12.3. The van der Waals surface area contributed by atoms with Crippen LogP contribution in [0, 0.1) is 0 Å². The molecule has 2 aromatic rings. The van der Waals surface area contributed by atoms with Crippen molar-refractivity contribution in [2.75, 3.05) is 5.73 Å². The minimum Gasteiger partial charge on any atom is -0.399 e. The highest BCUT2D eigenvalue weighted by molar-refractivity contribution is 9.10. The Balaban J connectivity index is 2.25. The zero-order valence-corrected chi connectivity index (χ0v) is 12.6. The monoisotopic (exact) mass is 343 g/mol. The average molecular weight is 345 g/mol. The lowest BCUT2D eigenvalue weighted by atomic mass is 10.2. The first kappa shape index (κ1) is 13.6. The predicted octanol–water partition coefficient (Wildman–Crippen LogP) is 3.99. The largest absolute Gasteiger partial charge is 0.399 e. The molecule has 0 fully saturated rings. The van der Waals surface area contributed by atoms with E-state index >= 15 is 0 Å². The fraction of sp³-hybridized carbons (Fsp3) is 0.0769. The number of anilines is 1. The average Bonchev–Trinajstić information content (AvgIpc) is 2.32. The van der Waals surface area contributed by atoms with Crippen LogP contribution in [0.4, 0.5) is 5.69 Å². The molecule has 0 aliphatic rings. The maximum absolute atomic E-state index is 12.3. The summed E-state index contributed by atoms with van der Waals surface area (Å²) in [5, 5.41) is 0.445. The molecule has 94 valence electrons. The number of halogens is 2. The van der Waals surface area contributed by atoms with Crippen molar-refractivity contribution in [2.45, 2.75) is 10.6 Å². The molecule has 0 amide bonds. The molecule has 2 rings (SSSR count). The van der Waals surface area contributed by atoms with E-state index in [9.17, 15) is 4.21 Å². The Labute approximate surface area is 122 Å². The first-order valence-corrected chi connectivity index (χ1v) is 7.73. The van der Waals surface area contributed by atoms with Gasteiger partial charge in [-0.25, -0.2) is 0 Å². The highest BCUT2D eigenvalue weighted by Gasteiger charge is 2.11. The molecule has 0 radical (unpaired) electrons. The molecule has 2 N–H and O–H groups in total. The summed E-state index contributed by atoms with van der Waals surface area (Å²) in [6.07, 6.45) is 0. The molecule has 0 aliphatic carbocycles. The molecule has 0 saturated heterocycles. The summed E-state index contributed by atoms with van der Waals surface area (Å²) in [5.41, 5.74) is 7.17. The Morgan fingerprint density at radius 1 is 1.22 bits per heavy atom. The zero-order chi connectivity index (χ0) is 13.1. The van der Waals surface area contributed by atoms with Gasteiger partial charge in [0.1, 0.15) is 0 Å². The summed E-state index contributed by atoms with van der Waals surface area (Å²) in [4.78, 5) is 0.613. The molecule has 0 bridgehead atoms. The topological polar surface area (TPSA) is 43.1 Å². The summed E-state index contributed by atoms with van der Waals surface area (Å²) in [6.45, 7) is 0. The van der Waals surface area contributed by atoms with E-state index in [2.05, 4.69) is 15.9 Å². The number of hydrogen-bond acceptors (Lipinski definition) is 2. The van der Waals surface area contributed by atoms with Gasteiger partial charge < -0.3 is 5.73 Å². The first-order chi connectivity index (χ1) is 8.58. The fourth-order valence-corrected chi connectivity index (χ4v) is 3.78. The lowest BCUT2D eigenvalue weighted by Gasteiger charge is -2.07. The summed E-state index contributed by atoms with van der Waals surface area (Å²) in [6, 6.07) is 12.7. The van der Waals surface area contributed by atoms with Gasteiger partial charge in [-0.15, -0.1) is 0 Å². The van der Waals surface area contributed by atoms with Crippen LogP contribution in [0.5, 0.6) is 0 Å². The number of nitrogens with two attached hydrogens (primary N) is 1. The van der Waals surface area contributed by atoms with Crippen LogP contribution in [-0.4, -0.2) is 4.21 Å². The molecule has 2 nitrogen and oxygen atoms in total. The highest BCUT2D eigenvalue weighted by Crippen LogP contribution is 2.26. The Kier molecular flexibility index (Phi) is 4.43. The van der Waals surface area contributed by atoms with Crippen molar-refractivity contribution < 1.29 is 4.21 Å². The highest BCUT2D eigenvalue weighted by atomic mass is 79.9. The van der Waals surface area contributed by atoms with Crippen LogP contribution in [0.2, 0.25) is 5.02 Å². The summed E-state index contributed by atoms with van der Waals surface area (Å²) in [5.74, 6) is 0.422. The van der Waals surface area contributed by atoms with Gasteiger partial charge in [-0.05, 0) is 29.8 Å². The van der Waals surface area contributed by atoms with Gasteiger partial charge in [0.05, 0.1) is 26.5 Å². The molecule has 18 heavy (non-hydrogen) atoms. The molecule has 1 unspecified atom stereocenters. The molecule has 0 aromatic heterocycles. The second kappa shape index (κ2) is 5.87. The Hall–Kier alpha value is -0.840. The van der Waals surface area contributed by atoms with Crippen LogP contribution in [0.1, 0.15) is 5.56 Å². The van der Waals surface area contributed by atoms with Crippen LogP contribution >= 0.6 is 27.5 Å². The van der Waals surface area contributed by atoms with Gasteiger partial charge in [0, 0.05) is 10.2 Å². The smallest absolute Gasteiger partial charge is 0.0589 e. The summed E-state index contributed by atoms with van der Waals surface area (Å²) in [7, 11) is -1.18. The van der Waals surface area contributed by atoms with Crippen molar-refractivity contribution >= 4 is 44.0 Å². The number of nitrogen functional groups attached to an aromatic ring is 1. The fourth-order valence-electron chi connectivity index (χ4n) is 1.54. The van der Waals surface area contributed by atoms with Crippen LogP contribution < -0.4 is 5.73 Å². The minimum atomic E-state index is -1.18. The quantitative estimate of drug-likeness (QED) is 0.855. The van der Waals surface area contributed by atoms with E-state index in [1.165, 1.54) is 0 Å². The lowest BCUT2D eigenvalue weighted by Crippen LogP contribution is -1.99. The van der Waals surface area contributed by atoms with E-state index in [0.29, 0.717) is 21.4 Å². The summed E-state index contributed by atoms with van der Waals surface area (Å²) >= 11 is 9.49. The zero-order valence-electron chi connectivity index (χ0n) is 9.40. The van der Waals surface area contributed by atoms with Crippen LogP contribution in [0.3, 0.4) is 0 Å². The van der Waals surface area contributed by atoms with Crippen molar-refractivity contribution in [3.63, 3.8) is 0 Å². The Morgan fingerprint density at radius 3 is 2.61 bits per heavy atom. The molecule has 1 atom stereocenters. The van der Waals surface area contributed by atoms with Crippen LogP contribution in [0.15, 0.2) is 51.8 Å². The van der Waals surface area contributed by atoms with Crippen molar-refractivity contribution in [3.8, 4) is 0 Å². The molecule has 0 saturated carbocycles. The van der Waals surface area contributed by atoms with Crippen molar-refractivity contribution in [3.05, 3.63) is 57.5 Å². The van der Waals surface area contributed by atoms with Gasteiger partial charge in [0.2, 0.25) is 0 Å². The minimum absolute atomic E-state index is 0.422. The molecule has 2 aromatic carbocycles. The van der Waals surface area contributed by atoms with Crippen molar-refractivity contribution in [2.24, 2.45) is 0 Å². The van der Waals surface area contributed by atoms with E-state index in [0.717, 1.165) is 10.0 Å². The number of hydrogen-bond donors (Lipinski definition) is 1. The van der Waals surface area contributed by atoms with Gasteiger partial charge in [0.25, 0.3) is 0 Å². The van der Waals surface area contributed by atoms with Crippen LogP contribution in [0.25, 0.3) is 0 Å². The second-order valence-electron chi connectivity index (χ2n) is 3.77. The molecule has 5 heteroatoms. The molecule has 0 aliphatic heterocycles. The SMILES string of the molecule is Nc1ccc(S(=O)Cc2ccccc2Br)c(Cl)c1. The van der Waals surface area contributed by atoms with Gasteiger partial charge in [0.15, 0.2) is 0 Å². The second-order valence-corrected chi connectivity index (χ2v) is 6.45. The van der Waals surface area contributed by atoms with Gasteiger partial charge in [-0.2, -0.15) is 0 Å². The lowest BCUT2D eigenvalue weighted by molar-refractivity contribution is 0.682. The van der Waals surface area contributed by atoms with E-state index in [4.69, 9.17) is 17.3 Å².